The minimum Gasteiger partial charge on any atom is -0.355 e. The number of aryl methyl sites for hydroxylation is 1. The highest BCUT2D eigenvalue weighted by atomic mass is 32.1. The lowest BCUT2D eigenvalue weighted by molar-refractivity contribution is -0.123. The number of thiocarbonyl (C=S) groups is 1. The molecule has 2 amide bonds. The lowest BCUT2D eigenvalue weighted by atomic mass is 9.75. The first kappa shape index (κ1) is 19.9. The van der Waals surface area contributed by atoms with Gasteiger partial charge in [0.25, 0.3) is 11.8 Å². The average Bonchev–Trinajstić information content (AvgIpc) is 2.94. The highest BCUT2D eigenvalue weighted by molar-refractivity contribution is 7.81. The van der Waals surface area contributed by atoms with Crippen molar-refractivity contribution in [3.05, 3.63) is 58.8 Å². The van der Waals surface area contributed by atoms with E-state index in [-0.39, 0.29) is 16.6 Å². The fourth-order valence-electron chi connectivity index (χ4n) is 3.93. The van der Waals surface area contributed by atoms with Crippen molar-refractivity contribution in [2.45, 2.75) is 31.7 Å². The Morgan fingerprint density at radius 1 is 1.33 bits per heavy atom. The van der Waals surface area contributed by atoms with Gasteiger partial charge in [-0.3, -0.25) is 9.59 Å². The third-order valence-electron chi connectivity index (χ3n) is 5.67. The molecule has 0 bridgehead atoms. The molecule has 1 aliphatic heterocycles. The fraction of sp³-hybridized carbons (Fsp3) is 0.286. The van der Waals surface area contributed by atoms with Gasteiger partial charge >= 0.3 is 0 Å². The highest BCUT2D eigenvalue weighted by Gasteiger charge is 2.60. The molecule has 2 fully saturated rings. The van der Waals surface area contributed by atoms with Crippen LogP contribution in [0.3, 0.4) is 0 Å². The van der Waals surface area contributed by atoms with E-state index in [9.17, 15) is 14.0 Å². The van der Waals surface area contributed by atoms with E-state index in [0.717, 1.165) is 6.42 Å². The van der Waals surface area contributed by atoms with Crippen molar-refractivity contribution in [2.24, 2.45) is 0 Å². The van der Waals surface area contributed by atoms with Crippen LogP contribution in [0.5, 0.6) is 0 Å². The lowest BCUT2D eigenvalue weighted by Gasteiger charge is -2.43. The molecule has 1 aromatic carbocycles. The number of benzene rings is 1. The lowest BCUT2D eigenvalue weighted by Crippen LogP contribution is -2.55. The molecule has 0 unspecified atom stereocenters. The Hall–Kier alpha value is -3.38. The molecule has 0 atom stereocenters. The molecule has 1 saturated carbocycles. The van der Waals surface area contributed by atoms with E-state index >= 15 is 0 Å². The number of pyridine rings is 1. The first-order chi connectivity index (χ1) is 14.3. The summed E-state index contributed by atoms with van der Waals surface area (Å²) in [5.74, 6) is -1.09. The number of hydrogen-bond acceptors (Lipinski definition) is 4. The summed E-state index contributed by atoms with van der Waals surface area (Å²) in [5, 5.41) is 2.60. The first-order valence-electron chi connectivity index (χ1n) is 9.39. The topological polar surface area (TPSA) is 69.9 Å². The zero-order valence-corrected chi connectivity index (χ0v) is 17.2. The molecule has 9 heteroatoms. The maximum Gasteiger partial charge on any atom is 0.260 e. The number of rotatable bonds is 3. The molecule has 2 aliphatic rings. The normalized spacial score (nSPS) is 17.1. The van der Waals surface area contributed by atoms with Gasteiger partial charge in [0, 0.05) is 18.4 Å². The number of anilines is 2. The van der Waals surface area contributed by atoms with E-state index in [4.69, 9.17) is 18.8 Å². The number of carbonyl (C=O) groups excluding carboxylic acids is 2. The summed E-state index contributed by atoms with van der Waals surface area (Å²) in [5.41, 5.74) is 0.351. The standard InChI is InChI=1S/C21H18FN5O2S/c1-12-16(23-2)7-8-17(25-12)26-19(29)21(9-4-10-21)27(20(26)30)13-5-6-14(15(22)11-13)18(28)24-3/h5-8,11H,4,9-10H2,1,3H3,(H,24,28). The van der Waals surface area contributed by atoms with Crippen molar-refractivity contribution in [1.29, 1.82) is 0 Å². The molecule has 2 heterocycles. The molecule has 1 aromatic heterocycles. The van der Waals surface area contributed by atoms with Crippen molar-refractivity contribution in [2.75, 3.05) is 16.8 Å². The summed E-state index contributed by atoms with van der Waals surface area (Å²) in [6.45, 7) is 8.88. The largest absolute Gasteiger partial charge is 0.355 e. The van der Waals surface area contributed by atoms with Gasteiger partial charge in [0.1, 0.15) is 17.2 Å². The Balaban J connectivity index is 1.78. The fourth-order valence-corrected chi connectivity index (χ4v) is 4.38. The Bertz CT molecular complexity index is 1140. The third-order valence-corrected chi connectivity index (χ3v) is 6.03. The van der Waals surface area contributed by atoms with E-state index in [0.29, 0.717) is 35.7 Å². The molecule has 2 aromatic rings. The van der Waals surface area contributed by atoms with Crippen molar-refractivity contribution in [3.8, 4) is 0 Å². The number of carbonyl (C=O) groups is 2. The van der Waals surface area contributed by atoms with Gasteiger partial charge in [-0.15, -0.1) is 0 Å². The van der Waals surface area contributed by atoms with Gasteiger partial charge in [0.05, 0.1) is 12.1 Å². The Labute approximate surface area is 178 Å². The summed E-state index contributed by atoms with van der Waals surface area (Å²) >= 11 is 5.64. The van der Waals surface area contributed by atoms with Crippen molar-refractivity contribution in [3.63, 3.8) is 0 Å². The van der Waals surface area contributed by atoms with E-state index in [1.807, 2.05) is 0 Å². The van der Waals surface area contributed by atoms with Crippen LogP contribution >= 0.6 is 12.2 Å². The predicted molar refractivity (Wildman–Crippen MR) is 114 cm³/mol. The van der Waals surface area contributed by atoms with Crippen molar-refractivity contribution < 1.29 is 14.0 Å². The van der Waals surface area contributed by atoms with Crippen LogP contribution in [0.2, 0.25) is 0 Å². The molecule has 1 spiro atoms. The van der Waals surface area contributed by atoms with E-state index in [2.05, 4.69) is 15.1 Å². The highest BCUT2D eigenvalue weighted by Crippen LogP contribution is 2.47. The van der Waals surface area contributed by atoms with Gasteiger partial charge in [-0.2, -0.15) is 0 Å². The van der Waals surface area contributed by atoms with Crippen molar-refractivity contribution in [1.82, 2.24) is 10.3 Å². The van der Waals surface area contributed by atoms with Gasteiger partial charge in [0.15, 0.2) is 5.11 Å². The second-order valence-electron chi connectivity index (χ2n) is 7.27. The molecular formula is C21H18FN5O2S. The van der Waals surface area contributed by atoms with E-state index < -0.39 is 17.3 Å². The maximum atomic E-state index is 14.6. The van der Waals surface area contributed by atoms with Gasteiger partial charge in [0.2, 0.25) is 5.69 Å². The number of halogens is 1. The Morgan fingerprint density at radius 2 is 2.07 bits per heavy atom. The smallest absolute Gasteiger partial charge is 0.260 e. The summed E-state index contributed by atoms with van der Waals surface area (Å²) in [6, 6.07) is 7.41. The summed E-state index contributed by atoms with van der Waals surface area (Å²) < 4.78 is 14.6. The van der Waals surface area contributed by atoms with Crippen LogP contribution in [0.15, 0.2) is 30.3 Å². The van der Waals surface area contributed by atoms with Crippen LogP contribution in [-0.4, -0.2) is 34.5 Å². The maximum absolute atomic E-state index is 14.6. The number of hydrogen-bond donors (Lipinski definition) is 1. The molecule has 1 aliphatic carbocycles. The molecule has 30 heavy (non-hydrogen) atoms. The van der Waals surface area contributed by atoms with Gasteiger partial charge < -0.3 is 10.2 Å². The minimum atomic E-state index is -0.883. The minimum absolute atomic E-state index is 0.0794. The van der Waals surface area contributed by atoms with Crippen LogP contribution in [-0.2, 0) is 4.79 Å². The molecule has 7 nitrogen and oxygen atoms in total. The molecule has 0 radical (unpaired) electrons. The quantitative estimate of drug-likeness (QED) is 0.605. The van der Waals surface area contributed by atoms with E-state index in [1.165, 1.54) is 24.1 Å². The van der Waals surface area contributed by atoms with Gasteiger partial charge in [-0.1, -0.05) is 6.07 Å². The van der Waals surface area contributed by atoms with Crippen LogP contribution < -0.4 is 15.1 Å². The summed E-state index contributed by atoms with van der Waals surface area (Å²) in [4.78, 5) is 36.1. The zero-order valence-electron chi connectivity index (χ0n) is 16.4. The molecule has 4 rings (SSSR count). The number of nitrogens with one attached hydrogen (secondary N) is 1. The molecule has 152 valence electrons. The summed E-state index contributed by atoms with van der Waals surface area (Å²) in [6.07, 6.45) is 2.02. The first-order valence-corrected chi connectivity index (χ1v) is 9.80. The van der Waals surface area contributed by atoms with Crippen LogP contribution in [0.1, 0.15) is 35.3 Å². The molecule has 1 saturated heterocycles. The van der Waals surface area contributed by atoms with Crippen LogP contribution in [0.4, 0.5) is 21.6 Å². The van der Waals surface area contributed by atoms with Crippen molar-refractivity contribution >= 4 is 46.3 Å². The Kier molecular flexibility index (Phi) is 4.74. The third kappa shape index (κ3) is 2.75. The zero-order chi connectivity index (χ0) is 21.6. The second-order valence-corrected chi connectivity index (χ2v) is 7.64. The van der Waals surface area contributed by atoms with Crippen LogP contribution in [0, 0.1) is 19.3 Å². The Morgan fingerprint density at radius 3 is 2.60 bits per heavy atom. The van der Waals surface area contributed by atoms with Crippen LogP contribution in [0.25, 0.3) is 4.85 Å². The second kappa shape index (κ2) is 7.15. The molecular weight excluding hydrogens is 405 g/mol. The van der Waals surface area contributed by atoms with Gasteiger partial charge in [-0.25, -0.2) is 19.1 Å². The van der Waals surface area contributed by atoms with Gasteiger partial charge in [-0.05, 0) is 62.7 Å². The van der Waals surface area contributed by atoms with E-state index in [1.54, 1.807) is 30.0 Å². The average molecular weight is 423 g/mol. The number of aromatic nitrogens is 1. The monoisotopic (exact) mass is 423 g/mol. The SMILES string of the molecule is [C-]#[N+]c1ccc(N2C(=O)C3(CCC3)N(c3ccc(C(=O)NC)c(F)c3)C2=S)nc1C. The predicted octanol–water partition coefficient (Wildman–Crippen LogP) is 3.50. The molecule has 1 N–H and O–H groups in total. The number of amides is 2. The number of nitrogens with zero attached hydrogens (tertiary/aromatic N) is 4. The summed E-state index contributed by atoms with van der Waals surface area (Å²) in [7, 11) is 1.43.